The van der Waals surface area contributed by atoms with Crippen LogP contribution in [0.5, 0.6) is 0 Å². The van der Waals surface area contributed by atoms with E-state index in [1.165, 1.54) is 11.9 Å². The molecule has 2 aromatic heterocycles. The molecule has 0 unspecified atom stereocenters. The Bertz CT molecular complexity index is 1020. The van der Waals surface area contributed by atoms with Gasteiger partial charge >= 0.3 is 0 Å². The van der Waals surface area contributed by atoms with Gasteiger partial charge in [0.05, 0.1) is 5.69 Å². The lowest BCUT2D eigenvalue weighted by Crippen LogP contribution is -2.02. The van der Waals surface area contributed by atoms with E-state index in [4.69, 9.17) is 0 Å². The average molecular weight is 345 g/mol. The summed E-state index contributed by atoms with van der Waals surface area (Å²) in [6.45, 7) is 4.70. The van der Waals surface area contributed by atoms with Crippen molar-refractivity contribution >= 4 is 5.69 Å². The molecule has 0 radical (unpaired) electrons. The lowest BCUT2D eigenvalue weighted by molar-refractivity contribution is 0.869. The molecular weight excluding hydrogens is 326 g/mol. The summed E-state index contributed by atoms with van der Waals surface area (Å²) >= 11 is 0. The predicted octanol–water partition coefficient (Wildman–Crippen LogP) is 3.28. The first kappa shape index (κ1) is 16.0. The van der Waals surface area contributed by atoms with Crippen molar-refractivity contribution in [1.29, 1.82) is 0 Å². The quantitative estimate of drug-likeness (QED) is 0.580. The maximum atomic E-state index is 4.38. The summed E-state index contributed by atoms with van der Waals surface area (Å²) in [7, 11) is 0. The Morgan fingerprint density at radius 3 is 2.77 bits per heavy atom. The van der Waals surface area contributed by atoms with Gasteiger partial charge in [-0.3, -0.25) is 5.10 Å². The van der Waals surface area contributed by atoms with Gasteiger partial charge in [-0.05, 0) is 43.2 Å². The molecule has 130 valence electrons. The highest BCUT2D eigenvalue weighted by Gasteiger charge is 2.06. The lowest BCUT2D eigenvalue weighted by Gasteiger charge is -2.10. The Morgan fingerprint density at radius 1 is 1.12 bits per heavy atom. The largest absolute Gasteiger partial charge is 0.381 e. The van der Waals surface area contributed by atoms with Crippen molar-refractivity contribution in [3.8, 4) is 17.1 Å². The van der Waals surface area contributed by atoms with Gasteiger partial charge in [-0.2, -0.15) is 10.2 Å². The van der Waals surface area contributed by atoms with E-state index in [9.17, 15) is 0 Å². The van der Waals surface area contributed by atoms with Gasteiger partial charge in [-0.25, -0.2) is 14.6 Å². The van der Waals surface area contributed by atoms with Crippen molar-refractivity contribution in [2.45, 2.75) is 20.4 Å². The molecule has 0 aliphatic carbocycles. The van der Waals surface area contributed by atoms with E-state index < -0.39 is 0 Å². The first-order valence-electron chi connectivity index (χ1n) is 8.37. The molecule has 0 saturated heterocycles. The number of hydrogen-bond donors (Lipinski definition) is 2. The van der Waals surface area contributed by atoms with Crippen LogP contribution < -0.4 is 5.32 Å². The third-order valence-electron chi connectivity index (χ3n) is 4.14. The van der Waals surface area contributed by atoms with Crippen LogP contribution in [0.4, 0.5) is 5.69 Å². The maximum Gasteiger partial charge on any atom is 0.181 e. The standard InChI is InChI=1S/C19H19N7/c1-13-8-15(6-7-18(13)26-12-20-11-22-26)10-21-17-5-3-4-16(9-17)19-23-14(2)24-25-19/h3-9,11-12,21H,10H2,1-2H3,(H,23,24,25). The lowest BCUT2D eigenvalue weighted by atomic mass is 10.1. The van der Waals surface area contributed by atoms with Crippen LogP contribution >= 0.6 is 0 Å². The molecule has 0 bridgehead atoms. The minimum absolute atomic E-state index is 0.708. The first-order chi connectivity index (χ1) is 12.7. The van der Waals surface area contributed by atoms with Gasteiger partial charge in [-0.1, -0.05) is 24.3 Å². The highest BCUT2D eigenvalue weighted by molar-refractivity contribution is 5.62. The molecule has 0 aliphatic heterocycles. The van der Waals surface area contributed by atoms with Gasteiger partial charge in [0.2, 0.25) is 0 Å². The minimum atomic E-state index is 0.708. The second-order valence-corrected chi connectivity index (χ2v) is 6.14. The third kappa shape index (κ3) is 3.32. The number of H-pyrrole nitrogens is 1. The summed E-state index contributed by atoms with van der Waals surface area (Å²) in [5, 5.41) is 14.7. The number of hydrogen-bond acceptors (Lipinski definition) is 5. The normalized spacial score (nSPS) is 10.8. The molecule has 2 heterocycles. The molecular formula is C19H19N7. The summed E-state index contributed by atoms with van der Waals surface area (Å²) in [4.78, 5) is 8.38. The number of aryl methyl sites for hydroxylation is 2. The highest BCUT2D eigenvalue weighted by atomic mass is 15.3. The second-order valence-electron chi connectivity index (χ2n) is 6.14. The zero-order valence-electron chi connectivity index (χ0n) is 14.6. The number of benzene rings is 2. The topological polar surface area (TPSA) is 84.3 Å². The fourth-order valence-corrected chi connectivity index (χ4v) is 2.86. The van der Waals surface area contributed by atoms with Crippen LogP contribution in [-0.2, 0) is 6.54 Å². The molecule has 0 atom stereocenters. The smallest absolute Gasteiger partial charge is 0.181 e. The number of nitrogens with zero attached hydrogens (tertiary/aromatic N) is 5. The van der Waals surface area contributed by atoms with E-state index in [0.717, 1.165) is 34.9 Å². The van der Waals surface area contributed by atoms with E-state index in [1.54, 1.807) is 11.0 Å². The second kappa shape index (κ2) is 6.79. The Kier molecular flexibility index (Phi) is 4.18. The van der Waals surface area contributed by atoms with Crippen molar-refractivity contribution in [2.75, 3.05) is 5.32 Å². The van der Waals surface area contributed by atoms with Crippen molar-refractivity contribution < 1.29 is 0 Å². The number of nitrogens with one attached hydrogen (secondary N) is 2. The molecule has 0 fully saturated rings. The molecule has 7 nitrogen and oxygen atoms in total. The van der Waals surface area contributed by atoms with E-state index in [-0.39, 0.29) is 0 Å². The molecule has 0 amide bonds. The van der Waals surface area contributed by atoms with Gasteiger partial charge in [0, 0.05) is 17.8 Å². The summed E-state index contributed by atoms with van der Waals surface area (Å²) in [6, 6.07) is 14.4. The van der Waals surface area contributed by atoms with E-state index >= 15 is 0 Å². The molecule has 0 aliphatic rings. The van der Waals surface area contributed by atoms with Crippen LogP contribution in [0.2, 0.25) is 0 Å². The van der Waals surface area contributed by atoms with Crippen LogP contribution in [0.3, 0.4) is 0 Å². The van der Waals surface area contributed by atoms with Gasteiger partial charge < -0.3 is 5.32 Å². The van der Waals surface area contributed by atoms with Gasteiger partial charge in [0.1, 0.15) is 18.5 Å². The minimum Gasteiger partial charge on any atom is -0.381 e. The molecule has 0 spiro atoms. The summed E-state index contributed by atoms with van der Waals surface area (Å²) in [6.07, 6.45) is 3.24. The Balaban J connectivity index is 1.48. The van der Waals surface area contributed by atoms with Crippen LogP contribution in [0.15, 0.2) is 55.1 Å². The van der Waals surface area contributed by atoms with Gasteiger partial charge in [-0.15, -0.1) is 0 Å². The van der Waals surface area contributed by atoms with Crippen molar-refractivity contribution in [1.82, 2.24) is 29.9 Å². The Morgan fingerprint density at radius 2 is 2.04 bits per heavy atom. The monoisotopic (exact) mass is 345 g/mol. The van der Waals surface area contributed by atoms with Gasteiger partial charge in [0.25, 0.3) is 0 Å². The molecule has 4 rings (SSSR count). The van der Waals surface area contributed by atoms with Crippen molar-refractivity contribution in [2.24, 2.45) is 0 Å². The summed E-state index contributed by atoms with van der Waals surface area (Å²) in [5.41, 5.74) is 5.40. The zero-order chi connectivity index (χ0) is 17.9. The number of anilines is 1. The fourth-order valence-electron chi connectivity index (χ4n) is 2.86. The van der Waals surface area contributed by atoms with Crippen molar-refractivity contribution in [3.05, 3.63) is 72.1 Å². The van der Waals surface area contributed by atoms with Gasteiger partial charge in [0.15, 0.2) is 5.82 Å². The van der Waals surface area contributed by atoms with E-state index in [0.29, 0.717) is 5.82 Å². The third-order valence-corrected chi connectivity index (χ3v) is 4.14. The van der Waals surface area contributed by atoms with Crippen LogP contribution in [0, 0.1) is 13.8 Å². The van der Waals surface area contributed by atoms with Crippen LogP contribution in [0.25, 0.3) is 17.1 Å². The summed E-state index contributed by atoms with van der Waals surface area (Å²) < 4.78 is 1.77. The number of rotatable bonds is 5. The molecule has 2 N–H and O–H groups in total. The molecule has 2 aromatic carbocycles. The average Bonchev–Trinajstić information content (AvgIpc) is 3.32. The molecule has 7 heteroatoms. The zero-order valence-corrected chi connectivity index (χ0v) is 14.6. The highest BCUT2D eigenvalue weighted by Crippen LogP contribution is 2.20. The summed E-state index contributed by atoms with van der Waals surface area (Å²) in [5.74, 6) is 1.51. The Hall–Kier alpha value is -3.48. The van der Waals surface area contributed by atoms with E-state index in [2.05, 4.69) is 61.8 Å². The SMILES string of the molecule is Cc1nc(-c2cccc(NCc3ccc(-n4cncn4)c(C)c3)c2)n[nH]1. The predicted molar refractivity (Wildman–Crippen MR) is 100.0 cm³/mol. The number of aromatic amines is 1. The van der Waals surface area contributed by atoms with Crippen LogP contribution in [0.1, 0.15) is 17.0 Å². The van der Waals surface area contributed by atoms with E-state index in [1.807, 2.05) is 25.1 Å². The molecule has 4 aromatic rings. The van der Waals surface area contributed by atoms with Crippen molar-refractivity contribution in [3.63, 3.8) is 0 Å². The molecule has 26 heavy (non-hydrogen) atoms. The fraction of sp³-hybridized carbons (Fsp3) is 0.158. The number of aromatic nitrogens is 6. The first-order valence-corrected chi connectivity index (χ1v) is 8.37. The molecule has 0 saturated carbocycles. The Labute approximate surface area is 151 Å². The van der Waals surface area contributed by atoms with Crippen LogP contribution in [-0.4, -0.2) is 29.9 Å². The maximum absolute atomic E-state index is 4.38.